The maximum atomic E-state index is 10.6. The topological polar surface area (TPSA) is 64.3 Å². The Morgan fingerprint density at radius 3 is 3.07 bits per heavy atom. The maximum absolute atomic E-state index is 10.6. The lowest BCUT2D eigenvalue weighted by Gasteiger charge is -2.10. The maximum Gasteiger partial charge on any atom is 0.332 e. The lowest BCUT2D eigenvalue weighted by molar-refractivity contribution is -0.149. The van der Waals surface area contributed by atoms with Gasteiger partial charge in [0.05, 0.1) is 12.6 Å². The molecular weight excluding hydrogens is 184 g/mol. The van der Waals surface area contributed by atoms with Gasteiger partial charge in [-0.3, -0.25) is 4.68 Å². The Morgan fingerprint density at radius 1 is 1.64 bits per heavy atom. The van der Waals surface area contributed by atoms with Crippen molar-refractivity contribution in [2.45, 2.75) is 31.6 Å². The normalized spacial score (nSPS) is 26.6. The number of carbonyl (C=O) groups is 1. The van der Waals surface area contributed by atoms with Gasteiger partial charge in [-0.15, -0.1) is 0 Å². The predicted molar refractivity (Wildman–Crippen MR) is 47.8 cm³/mol. The van der Waals surface area contributed by atoms with Crippen molar-refractivity contribution in [2.24, 2.45) is 0 Å². The third kappa shape index (κ3) is 1.93. The number of hydrogen-bond acceptors (Lipinski definition) is 3. The van der Waals surface area contributed by atoms with Crippen molar-refractivity contribution in [3.05, 3.63) is 18.5 Å². The summed E-state index contributed by atoms with van der Waals surface area (Å²) in [5, 5.41) is 12.7. The van der Waals surface area contributed by atoms with Gasteiger partial charge in [-0.05, 0) is 18.9 Å². The Morgan fingerprint density at radius 2 is 2.50 bits per heavy atom. The summed E-state index contributed by atoms with van der Waals surface area (Å²) >= 11 is 0. The average Bonchev–Trinajstić information content (AvgIpc) is 2.75. The van der Waals surface area contributed by atoms with Gasteiger partial charge in [-0.1, -0.05) is 0 Å². The predicted octanol–water partition coefficient (Wildman–Crippen LogP) is 0.515. The van der Waals surface area contributed by atoms with E-state index in [1.807, 2.05) is 12.3 Å². The monoisotopic (exact) mass is 196 g/mol. The lowest BCUT2D eigenvalue weighted by Crippen LogP contribution is -2.22. The zero-order valence-corrected chi connectivity index (χ0v) is 7.67. The van der Waals surface area contributed by atoms with Crippen LogP contribution in [0.5, 0.6) is 0 Å². The molecule has 1 aliphatic rings. The molecule has 2 heterocycles. The molecule has 14 heavy (non-hydrogen) atoms. The van der Waals surface area contributed by atoms with Crippen molar-refractivity contribution in [2.75, 3.05) is 0 Å². The van der Waals surface area contributed by atoms with Crippen LogP contribution in [0.25, 0.3) is 0 Å². The summed E-state index contributed by atoms with van der Waals surface area (Å²) in [5.74, 6) is -0.868. The van der Waals surface area contributed by atoms with E-state index < -0.39 is 12.1 Å². The highest BCUT2D eigenvalue weighted by Crippen LogP contribution is 2.20. The Balaban J connectivity index is 1.87. The summed E-state index contributed by atoms with van der Waals surface area (Å²) in [5.41, 5.74) is 0. The summed E-state index contributed by atoms with van der Waals surface area (Å²) in [6.07, 6.45) is 4.28. The third-order valence-corrected chi connectivity index (χ3v) is 2.33. The SMILES string of the molecule is O=C(O)C1CCC(Cn2cccn2)O1. The standard InChI is InChI=1S/C9H12N2O3/c12-9(13)8-3-2-7(14-8)6-11-5-1-4-10-11/h1,4-5,7-8H,2-3,6H2,(H,12,13). The van der Waals surface area contributed by atoms with Crippen molar-refractivity contribution in [3.8, 4) is 0 Å². The van der Waals surface area contributed by atoms with E-state index in [2.05, 4.69) is 5.10 Å². The van der Waals surface area contributed by atoms with E-state index in [0.717, 1.165) is 6.42 Å². The highest BCUT2D eigenvalue weighted by Gasteiger charge is 2.30. The van der Waals surface area contributed by atoms with Gasteiger partial charge >= 0.3 is 5.97 Å². The zero-order chi connectivity index (χ0) is 9.97. The van der Waals surface area contributed by atoms with Crippen LogP contribution in [0.2, 0.25) is 0 Å². The fraction of sp³-hybridized carbons (Fsp3) is 0.556. The quantitative estimate of drug-likeness (QED) is 0.765. The Hall–Kier alpha value is -1.36. The van der Waals surface area contributed by atoms with Gasteiger partial charge in [0.15, 0.2) is 6.10 Å². The molecule has 1 aromatic rings. The molecule has 2 unspecified atom stereocenters. The van der Waals surface area contributed by atoms with Crippen LogP contribution >= 0.6 is 0 Å². The first-order valence-electron chi connectivity index (χ1n) is 4.61. The van der Waals surface area contributed by atoms with Crippen LogP contribution in [-0.2, 0) is 16.1 Å². The molecule has 1 aromatic heterocycles. The van der Waals surface area contributed by atoms with E-state index in [-0.39, 0.29) is 6.10 Å². The minimum absolute atomic E-state index is 0.0176. The molecule has 5 heteroatoms. The fourth-order valence-corrected chi connectivity index (χ4v) is 1.64. The molecule has 0 spiro atoms. The van der Waals surface area contributed by atoms with Crippen LogP contribution < -0.4 is 0 Å². The van der Waals surface area contributed by atoms with E-state index in [1.54, 1.807) is 10.9 Å². The van der Waals surface area contributed by atoms with Crippen molar-refractivity contribution in [1.82, 2.24) is 9.78 Å². The number of carboxylic acids is 1. The summed E-state index contributed by atoms with van der Waals surface area (Å²) < 4.78 is 7.09. The second kappa shape index (κ2) is 3.79. The third-order valence-electron chi connectivity index (χ3n) is 2.33. The molecule has 1 N–H and O–H groups in total. The van der Waals surface area contributed by atoms with Crippen LogP contribution in [0.15, 0.2) is 18.5 Å². The molecule has 0 bridgehead atoms. The number of carboxylic acid groups (broad SMARTS) is 1. The van der Waals surface area contributed by atoms with Gasteiger partial charge in [0, 0.05) is 12.4 Å². The van der Waals surface area contributed by atoms with E-state index in [0.29, 0.717) is 13.0 Å². The van der Waals surface area contributed by atoms with E-state index in [4.69, 9.17) is 9.84 Å². The summed E-state index contributed by atoms with van der Waals surface area (Å²) in [4.78, 5) is 10.6. The van der Waals surface area contributed by atoms with Gasteiger partial charge < -0.3 is 9.84 Å². The molecule has 76 valence electrons. The van der Waals surface area contributed by atoms with E-state index >= 15 is 0 Å². The molecule has 0 aromatic carbocycles. The lowest BCUT2D eigenvalue weighted by atomic mass is 10.2. The highest BCUT2D eigenvalue weighted by molar-refractivity contribution is 5.72. The van der Waals surface area contributed by atoms with Gasteiger partial charge in [-0.25, -0.2) is 4.79 Å². The van der Waals surface area contributed by atoms with E-state index in [9.17, 15) is 4.79 Å². The van der Waals surface area contributed by atoms with E-state index in [1.165, 1.54) is 0 Å². The zero-order valence-electron chi connectivity index (χ0n) is 7.67. The second-order valence-corrected chi connectivity index (χ2v) is 3.39. The molecule has 0 aliphatic carbocycles. The number of aromatic nitrogens is 2. The smallest absolute Gasteiger partial charge is 0.332 e. The highest BCUT2D eigenvalue weighted by atomic mass is 16.5. The van der Waals surface area contributed by atoms with Gasteiger partial charge in [0.1, 0.15) is 0 Å². The number of rotatable bonds is 3. The summed E-state index contributed by atoms with van der Waals surface area (Å²) in [6.45, 7) is 0.636. The van der Waals surface area contributed by atoms with Crippen molar-refractivity contribution in [3.63, 3.8) is 0 Å². The minimum Gasteiger partial charge on any atom is -0.479 e. The number of aliphatic carboxylic acids is 1. The van der Waals surface area contributed by atoms with Crippen molar-refractivity contribution >= 4 is 5.97 Å². The van der Waals surface area contributed by atoms with Crippen LogP contribution in [0.3, 0.4) is 0 Å². The number of hydrogen-bond donors (Lipinski definition) is 1. The minimum atomic E-state index is -0.868. The Kier molecular flexibility index (Phi) is 2.49. The first-order valence-corrected chi connectivity index (χ1v) is 4.61. The van der Waals surface area contributed by atoms with Crippen LogP contribution in [0, 0.1) is 0 Å². The molecular formula is C9H12N2O3. The molecule has 1 aliphatic heterocycles. The second-order valence-electron chi connectivity index (χ2n) is 3.39. The molecule has 5 nitrogen and oxygen atoms in total. The van der Waals surface area contributed by atoms with Crippen LogP contribution in [-0.4, -0.2) is 33.1 Å². The van der Waals surface area contributed by atoms with Gasteiger partial charge in [0.25, 0.3) is 0 Å². The molecule has 2 atom stereocenters. The Labute approximate surface area is 81.3 Å². The molecule has 1 fully saturated rings. The summed E-state index contributed by atoms with van der Waals surface area (Å²) in [6, 6.07) is 1.84. The molecule has 0 saturated carbocycles. The first-order chi connectivity index (χ1) is 6.75. The largest absolute Gasteiger partial charge is 0.479 e. The Bertz CT molecular complexity index is 310. The first kappa shape index (κ1) is 9.21. The van der Waals surface area contributed by atoms with Crippen molar-refractivity contribution in [1.29, 1.82) is 0 Å². The van der Waals surface area contributed by atoms with Crippen molar-refractivity contribution < 1.29 is 14.6 Å². The fourth-order valence-electron chi connectivity index (χ4n) is 1.64. The van der Waals surface area contributed by atoms with Gasteiger partial charge in [-0.2, -0.15) is 5.10 Å². The molecule has 1 saturated heterocycles. The number of ether oxygens (including phenoxy) is 1. The molecule has 0 amide bonds. The molecule has 0 radical (unpaired) electrons. The van der Waals surface area contributed by atoms with Crippen LogP contribution in [0.4, 0.5) is 0 Å². The average molecular weight is 196 g/mol. The molecule has 2 rings (SSSR count). The number of nitrogens with zero attached hydrogens (tertiary/aromatic N) is 2. The van der Waals surface area contributed by atoms with Gasteiger partial charge in [0.2, 0.25) is 0 Å². The summed E-state index contributed by atoms with van der Waals surface area (Å²) in [7, 11) is 0. The van der Waals surface area contributed by atoms with Crippen LogP contribution in [0.1, 0.15) is 12.8 Å².